The second-order valence-corrected chi connectivity index (χ2v) is 3.49. The standard InChI is InChI=1S/C10H18O6/c1-7(10(13,14)15)8(9(11)12)5-3-4-6-16-2/h13-15H,3-6H2,1-2H3,(H,11,12). The van der Waals surface area contributed by atoms with Crippen LogP contribution in [0, 0.1) is 0 Å². The maximum Gasteiger partial charge on any atom is 0.331 e. The summed E-state index contributed by atoms with van der Waals surface area (Å²) >= 11 is 0. The van der Waals surface area contributed by atoms with Crippen LogP contribution in [0.2, 0.25) is 0 Å². The van der Waals surface area contributed by atoms with Crippen LogP contribution in [-0.2, 0) is 9.53 Å². The van der Waals surface area contributed by atoms with Crippen LogP contribution >= 0.6 is 0 Å². The van der Waals surface area contributed by atoms with Crippen LogP contribution in [-0.4, -0.2) is 46.1 Å². The van der Waals surface area contributed by atoms with Gasteiger partial charge in [-0.1, -0.05) is 0 Å². The number of unbranched alkanes of at least 4 members (excludes halogenated alkanes) is 1. The van der Waals surface area contributed by atoms with Gasteiger partial charge in [-0.15, -0.1) is 0 Å². The lowest BCUT2D eigenvalue weighted by Crippen LogP contribution is -2.31. The van der Waals surface area contributed by atoms with E-state index in [-0.39, 0.29) is 17.6 Å². The van der Waals surface area contributed by atoms with Crippen molar-refractivity contribution in [3.8, 4) is 0 Å². The first-order valence-electron chi connectivity index (χ1n) is 4.90. The Balaban J connectivity index is 4.56. The van der Waals surface area contributed by atoms with E-state index in [4.69, 9.17) is 25.2 Å². The second-order valence-electron chi connectivity index (χ2n) is 3.49. The molecule has 0 aliphatic rings. The van der Waals surface area contributed by atoms with Crippen molar-refractivity contribution in [1.82, 2.24) is 0 Å². The highest BCUT2D eigenvalue weighted by Gasteiger charge is 2.27. The summed E-state index contributed by atoms with van der Waals surface area (Å²) in [6.45, 7) is 1.67. The molecule has 0 atom stereocenters. The minimum Gasteiger partial charge on any atom is -0.478 e. The molecule has 0 bridgehead atoms. The van der Waals surface area contributed by atoms with E-state index in [0.717, 1.165) is 0 Å². The van der Waals surface area contributed by atoms with E-state index in [1.807, 2.05) is 0 Å². The van der Waals surface area contributed by atoms with Crippen molar-refractivity contribution < 1.29 is 30.0 Å². The topological polar surface area (TPSA) is 107 Å². The molecule has 0 heterocycles. The molecule has 0 saturated heterocycles. The highest BCUT2D eigenvalue weighted by molar-refractivity contribution is 5.87. The molecular weight excluding hydrogens is 216 g/mol. The average Bonchev–Trinajstić information content (AvgIpc) is 2.15. The summed E-state index contributed by atoms with van der Waals surface area (Å²) in [5.41, 5.74) is -0.555. The zero-order valence-electron chi connectivity index (χ0n) is 9.43. The van der Waals surface area contributed by atoms with Gasteiger partial charge < -0.3 is 25.2 Å². The molecule has 94 valence electrons. The van der Waals surface area contributed by atoms with Crippen LogP contribution in [0.25, 0.3) is 0 Å². The van der Waals surface area contributed by atoms with Crippen molar-refractivity contribution in [2.24, 2.45) is 0 Å². The van der Waals surface area contributed by atoms with Gasteiger partial charge >= 0.3 is 11.9 Å². The van der Waals surface area contributed by atoms with Gasteiger partial charge in [0.15, 0.2) is 0 Å². The van der Waals surface area contributed by atoms with Gasteiger partial charge in [-0.05, 0) is 26.2 Å². The Morgan fingerprint density at radius 1 is 1.25 bits per heavy atom. The first-order chi connectivity index (χ1) is 7.30. The van der Waals surface area contributed by atoms with Crippen LogP contribution < -0.4 is 0 Å². The number of rotatable bonds is 7. The monoisotopic (exact) mass is 234 g/mol. The summed E-state index contributed by atoms with van der Waals surface area (Å²) in [6, 6.07) is 0. The van der Waals surface area contributed by atoms with Crippen molar-refractivity contribution >= 4 is 5.97 Å². The third-order valence-electron chi connectivity index (χ3n) is 2.24. The summed E-state index contributed by atoms with van der Waals surface area (Å²) in [5.74, 6) is -4.34. The van der Waals surface area contributed by atoms with Gasteiger partial charge in [0.1, 0.15) is 0 Å². The molecule has 0 saturated carbocycles. The lowest BCUT2D eigenvalue weighted by molar-refractivity contribution is -0.282. The molecule has 0 aliphatic carbocycles. The molecule has 0 aliphatic heterocycles. The van der Waals surface area contributed by atoms with E-state index in [2.05, 4.69) is 0 Å². The van der Waals surface area contributed by atoms with Gasteiger partial charge in [-0.25, -0.2) is 4.79 Å². The number of carbonyl (C=O) groups is 1. The fraction of sp³-hybridized carbons (Fsp3) is 0.700. The molecule has 0 fully saturated rings. The Bertz CT molecular complexity index is 263. The van der Waals surface area contributed by atoms with Crippen LogP contribution in [0.4, 0.5) is 0 Å². The van der Waals surface area contributed by atoms with Gasteiger partial charge in [0.2, 0.25) is 0 Å². The molecule has 4 N–H and O–H groups in total. The predicted octanol–water partition coefficient (Wildman–Crippen LogP) is -0.165. The molecule has 0 unspecified atom stereocenters. The Morgan fingerprint density at radius 2 is 1.81 bits per heavy atom. The third kappa shape index (κ3) is 5.22. The van der Waals surface area contributed by atoms with Crippen LogP contribution in [0.1, 0.15) is 26.2 Å². The SMILES string of the molecule is COCCCCC(C(=O)O)=C(C)C(O)(O)O. The molecule has 0 aromatic heterocycles. The molecule has 0 radical (unpaired) electrons. The maximum atomic E-state index is 10.8. The van der Waals surface area contributed by atoms with E-state index >= 15 is 0 Å². The smallest absolute Gasteiger partial charge is 0.331 e. The number of carboxylic acid groups (broad SMARTS) is 1. The number of hydrogen-bond donors (Lipinski definition) is 4. The lowest BCUT2D eigenvalue weighted by atomic mass is 10.0. The van der Waals surface area contributed by atoms with Gasteiger partial charge in [0.25, 0.3) is 0 Å². The quantitative estimate of drug-likeness (QED) is 0.277. The number of aliphatic hydroxyl groups is 3. The summed E-state index contributed by atoms with van der Waals surface area (Å²) in [6.07, 6.45) is 1.34. The van der Waals surface area contributed by atoms with Gasteiger partial charge in [0.05, 0.1) is 0 Å². The molecule has 0 aromatic rings. The van der Waals surface area contributed by atoms with E-state index < -0.39 is 11.9 Å². The van der Waals surface area contributed by atoms with E-state index in [1.165, 1.54) is 6.92 Å². The largest absolute Gasteiger partial charge is 0.478 e. The van der Waals surface area contributed by atoms with Crippen LogP contribution in [0.5, 0.6) is 0 Å². The minimum atomic E-state index is -3.07. The molecule has 0 spiro atoms. The van der Waals surface area contributed by atoms with Crippen molar-refractivity contribution in [1.29, 1.82) is 0 Å². The van der Waals surface area contributed by atoms with Crippen LogP contribution in [0.3, 0.4) is 0 Å². The van der Waals surface area contributed by atoms with E-state index in [1.54, 1.807) is 7.11 Å². The molecule has 6 nitrogen and oxygen atoms in total. The van der Waals surface area contributed by atoms with E-state index in [0.29, 0.717) is 19.4 Å². The normalized spacial score (nSPS) is 13.6. The maximum absolute atomic E-state index is 10.8. The van der Waals surface area contributed by atoms with Crippen molar-refractivity contribution in [3.05, 3.63) is 11.1 Å². The van der Waals surface area contributed by atoms with E-state index in [9.17, 15) is 4.79 Å². The Labute approximate surface area is 93.8 Å². The predicted molar refractivity (Wildman–Crippen MR) is 55.5 cm³/mol. The Hall–Kier alpha value is -0.950. The number of hydrogen-bond acceptors (Lipinski definition) is 5. The Morgan fingerprint density at radius 3 is 2.19 bits per heavy atom. The van der Waals surface area contributed by atoms with Gasteiger partial charge in [0, 0.05) is 24.9 Å². The molecule has 0 aromatic carbocycles. The molecule has 16 heavy (non-hydrogen) atoms. The number of ether oxygens (including phenoxy) is 1. The van der Waals surface area contributed by atoms with Gasteiger partial charge in [-0.3, -0.25) is 0 Å². The molecule has 6 heteroatoms. The van der Waals surface area contributed by atoms with Crippen LogP contribution in [0.15, 0.2) is 11.1 Å². The summed E-state index contributed by atoms with van der Waals surface area (Å²) in [4.78, 5) is 10.8. The summed E-state index contributed by atoms with van der Waals surface area (Å²) in [5, 5.41) is 35.5. The van der Waals surface area contributed by atoms with Crippen molar-refractivity contribution in [2.45, 2.75) is 32.2 Å². The number of carboxylic acids is 1. The fourth-order valence-electron chi connectivity index (χ4n) is 1.21. The number of methoxy groups -OCH3 is 1. The first-order valence-corrected chi connectivity index (χ1v) is 4.90. The fourth-order valence-corrected chi connectivity index (χ4v) is 1.21. The zero-order chi connectivity index (χ0) is 12.8. The average molecular weight is 234 g/mol. The minimum absolute atomic E-state index is 0.147. The number of aliphatic carboxylic acids is 1. The Kier molecular flexibility index (Phi) is 6.20. The lowest BCUT2D eigenvalue weighted by Gasteiger charge is -2.17. The summed E-state index contributed by atoms with van der Waals surface area (Å²) in [7, 11) is 1.54. The zero-order valence-corrected chi connectivity index (χ0v) is 9.43. The second kappa shape index (κ2) is 6.59. The molecule has 0 rings (SSSR count). The van der Waals surface area contributed by atoms with Crippen molar-refractivity contribution in [3.63, 3.8) is 0 Å². The summed E-state index contributed by atoms with van der Waals surface area (Å²) < 4.78 is 4.80. The van der Waals surface area contributed by atoms with Gasteiger partial charge in [-0.2, -0.15) is 0 Å². The van der Waals surface area contributed by atoms with Crippen molar-refractivity contribution in [2.75, 3.05) is 13.7 Å². The molecule has 0 amide bonds. The molecular formula is C10H18O6. The first kappa shape index (κ1) is 15.0. The third-order valence-corrected chi connectivity index (χ3v) is 2.24. The highest BCUT2D eigenvalue weighted by atomic mass is 16.7. The highest BCUT2D eigenvalue weighted by Crippen LogP contribution is 2.19.